The first-order valence-electron chi connectivity index (χ1n) is 10.4. The van der Waals surface area contributed by atoms with Crippen molar-refractivity contribution in [2.45, 2.75) is 0 Å². The molecule has 0 saturated carbocycles. The van der Waals surface area contributed by atoms with Gasteiger partial charge in [-0.25, -0.2) is 0 Å². The van der Waals surface area contributed by atoms with E-state index in [9.17, 15) is 20.4 Å². The molecule has 0 aliphatic carbocycles. The van der Waals surface area contributed by atoms with E-state index in [1.165, 1.54) is 0 Å². The highest BCUT2D eigenvalue weighted by atomic mass is 16.3. The number of nitrogens with one attached hydrogen (secondary N) is 2. The molecule has 8 N–H and O–H groups in total. The minimum Gasteiger partial charge on any atom is -0.395 e. The Balaban J connectivity index is 4.37. The van der Waals surface area contributed by atoms with Crippen LogP contribution < -0.4 is 16.4 Å². The minimum atomic E-state index is 0.0815. The van der Waals surface area contributed by atoms with E-state index in [1.54, 1.807) is 0 Å². The fourth-order valence-electron chi connectivity index (χ4n) is 2.90. The summed E-state index contributed by atoms with van der Waals surface area (Å²) in [7, 11) is 0. The molecular formula is C18H44N6O4. The van der Waals surface area contributed by atoms with E-state index in [1.807, 2.05) is 0 Å². The van der Waals surface area contributed by atoms with Crippen LogP contribution >= 0.6 is 0 Å². The maximum atomic E-state index is 9.17. The van der Waals surface area contributed by atoms with Crippen molar-refractivity contribution in [3.63, 3.8) is 0 Å². The lowest BCUT2D eigenvalue weighted by atomic mass is 10.3. The molecular weight excluding hydrogens is 364 g/mol. The smallest absolute Gasteiger partial charge is 0.0558 e. The molecule has 0 aromatic carbocycles. The molecule has 0 rings (SSSR count). The largest absolute Gasteiger partial charge is 0.395 e. The van der Waals surface area contributed by atoms with Gasteiger partial charge in [0.2, 0.25) is 0 Å². The maximum Gasteiger partial charge on any atom is 0.0558 e. The van der Waals surface area contributed by atoms with Gasteiger partial charge in [-0.3, -0.25) is 14.7 Å². The van der Waals surface area contributed by atoms with Crippen molar-refractivity contribution < 1.29 is 20.4 Å². The molecule has 0 fully saturated rings. The van der Waals surface area contributed by atoms with Crippen LogP contribution in [0.1, 0.15) is 0 Å². The van der Waals surface area contributed by atoms with Crippen LogP contribution in [0.4, 0.5) is 0 Å². The molecule has 0 amide bonds. The maximum absolute atomic E-state index is 9.17. The van der Waals surface area contributed by atoms with E-state index in [0.717, 1.165) is 58.9 Å². The number of hydrogen-bond acceptors (Lipinski definition) is 10. The SMILES string of the molecule is NCCNCCNCCN(CCN(CCO)CCO)CCN(CCO)CCO. The van der Waals surface area contributed by atoms with Gasteiger partial charge in [-0.05, 0) is 0 Å². The molecule has 0 aliphatic heterocycles. The Morgan fingerprint density at radius 1 is 0.464 bits per heavy atom. The molecule has 0 saturated heterocycles. The summed E-state index contributed by atoms with van der Waals surface area (Å²) in [5, 5.41) is 43.3. The predicted octanol–water partition coefficient (Wildman–Crippen LogP) is -4.00. The second-order valence-corrected chi connectivity index (χ2v) is 6.71. The average Bonchev–Trinajstić information content (AvgIpc) is 2.69. The highest BCUT2D eigenvalue weighted by Crippen LogP contribution is 1.95. The van der Waals surface area contributed by atoms with Crippen molar-refractivity contribution in [1.29, 1.82) is 0 Å². The first kappa shape index (κ1) is 27.6. The lowest BCUT2D eigenvalue weighted by molar-refractivity contribution is 0.124. The molecule has 0 radical (unpaired) electrons. The van der Waals surface area contributed by atoms with Gasteiger partial charge < -0.3 is 36.8 Å². The molecule has 0 spiro atoms. The Labute approximate surface area is 170 Å². The first-order chi connectivity index (χ1) is 13.7. The number of hydrogen-bond donors (Lipinski definition) is 7. The first-order valence-corrected chi connectivity index (χ1v) is 10.4. The third-order valence-corrected chi connectivity index (χ3v) is 4.53. The fourth-order valence-corrected chi connectivity index (χ4v) is 2.90. The van der Waals surface area contributed by atoms with Crippen LogP contribution in [0, 0.1) is 0 Å². The number of aliphatic hydroxyl groups excluding tert-OH is 4. The number of rotatable bonds is 22. The van der Waals surface area contributed by atoms with Gasteiger partial charge in [0.15, 0.2) is 0 Å². The summed E-state index contributed by atoms with van der Waals surface area (Å²) in [4.78, 5) is 6.44. The zero-order valence-corrected chi connectivity index (χ0v) is 17.4. The Kier molecular flexibility index (Phi) is 21.0. The molecule has 0 aliphatic rings. The molecule has 0 atom stereocenters. The van der Waals surface area contributed by atoms with Crippen LogP contribution in [-0.4, -0.2) is 153 Å². The summed E-state index contributed by atoms with van der Waals surface area (Å²) < 4.78 is 0. The summed E-state index contributed by atoms with van der Waals surface area (Å²) in [5.74, 6) is 0. The Morgan fingerprint density at radius 2 is 0.821 bits per heavy atom. The van der Waals surface area contributed by atoms with Gasteiger partial charge in [-0.2, -0.15) is 0 Å². The molecule has 10 heteroatoms. The van der Waals surface area contributed by atoms with Gasteiger partial charge in [0.25, 0.3) is 0 Å². The van der Waals surface area contributed by atoms with E-state index in [4.69, 9.17) is 5.73 Å². The zero-order chi connectivity index (χ0) is 20.9. The molecule has 0 unspecified atom stereocenters. The van der Waals surface area contributed by atoms with Crippen molar-refractivity contribution in [1.82, 2.24) is 25.3 Å². The molecule has 10 nitrogen and oxygen atoms in total. The highest BCUT2D eigenvalue weighted by Gasteiger charge is 2.11. The Bertz CT molecular complexity index is 286. The topological polar surface area (TPSA) is 141 Å². The minimum absolute atomic E-state index is 0.0815. The van der Waals surface area contributed by atoms with E-state index >= 15 is 0 Å². The van der Waals surface area contributed by atoms with Gasteiger partial charge in [-0.1, -0.05) is 0 Å². The van der Waals surface area contributed by atoms with E-state index in [-0.39, 0.29) is 26.4 Å². The van der Waals surface area contributed by atoms with Gasteiger partial charge >= 0.3 is 0 Å². The van der Waals surface area contributed by atoms with Crippen LogP contribution in [-0.2, 0) is 0 Å². The highest BCUT2D eigenvalue weighted by molar-refractivity contribution is 4.68. The molecule has 0 aromatic rings. The van der Waals surface area contributed by atoms with Crippen molar-refractivity contribution in [2.24, 2.45) is 5.73 Å². The normalized spacial score (nSPS) is 12.0. The van der Waals surface area contributed by atoms with Crippen molar-refractivity contribution in [2.75, 3.05) is 118 Å². The number of aliphatic hydroxyl groups is 4. The fraction of sp³-hybridized carbons (Fsp3) is 1.00. The summed E-state index contributed by atoms with van der Waals surface area (Å²) in [6.07, 6.45) is 0. The Morgan fingerprint density at radius 3 is 1.18 bits per heavy atom. The van der Waals surface area contributed by atoms with Gasteiger partial charge in [-0.15, -0.1) is 0 Å². The Hall–Kier alpha value is -0.400. The van der Waals surface area contributed by atoms with Crippen LogP contribution in [0.5, 0.6) is 0 Å². The van der Waals surface area contributed by atoms with Gasteiger partial charge in [0.1, 0.15) is 0 Å². The van der Waals surface area contributed by atoms with Crippen LogP contribution in [0.15, 0.2) is 0 Å². The summed E-state index contributed by atoms with van der Waals surface area (Å²) in [5.41, 5.74) is 5.45. The lowest BCUT2D eigenvalue weighted by Gasteiger charge is -2.29. The van der Waals surface area contributed by atoms with Crippen LogP contribution in [0.2, 0.25) is 0 Å². The second kappa shape index (κ2) is 21.3. The summed E-state index contributed by atoms with van der Waals surface area (Å²) in [6, 6.07) is 0. The predicted molar refractivity (Wildman–Crippen MR) is 112 cm³/mol. The molecule has 0 heterocycles. The van der Waals surface area contributed by atoms with E-state index in [2.05, 4.69) is 25.3 Å². The van der Waals surface area contributed by atoms with Crippen LogP contribution in [0.25, 0.3) is 0 Å². The summed E-state index contributed by atoms with van der Waals surface area (Å²) in [6.45, 7) is 10.8. The number of nitrogens with two attached hydrogens (primary N) is 1. The van der Waals surface area contributed by atoms with E-state index < -0.39 is 0 Å². The molecule has 0 bridgehead atoms. The number of nitrogens with zero attached hydrogens (tertiary/aromatic N) is 3. The van der Waals surface area contributed by atoms with Crippen molar-refractivity contribution >= 4 is 0 Å². The van der Waals surface area contributed by atoms with Crippen LogP contribution in [0.3, 0.4) is 0 Å². The van der Waals surface area contributed by atoms with Crippen molar-refractivity contribution in [3.05, 3.63) is 0 Å². The molecule has 170 valence electrons. The monoisotopic (exact) mass is 408 g/mol. The average molecular weight is 409 g/mol. The van der Waals surface area contributed by atoms with Crippen molar-refractivity contribution in [3.8, 4) is 0 Å². The van der Waals surface area contributed by atoms with E-state index in [0.29, 0.717) is 32.7 Å². The lowest BCUT2D eigenvalue weighted by Crippen LogP contribution is -2.44. The standard InChI is InChI=1S/C18H44N6O4/c19-1-2-20-3-4-21-5-6-22(7-9-23(11-15-25)12-16-26)8-10-24(13-17-27)14-18-28/h20-21,25-28H,1-19H2. The van der Waals surface area contributed by atoms with Gasteiger partial charge in [0, 0.05) is 91.6 Å². The quantitative estimate of drug-likeness (QED) is 0.0887. The third kappa shape index (κ3) is 16.5. The molecule has 0 aromatic heterocycles. The zero-order valence-electron chi connectivity index (χ0n) is 17.4. The van der Waals surface area contributed by atoms with Gasteiger partial charge in [0.05, 0.1) is 26.4 Å². The third-order valence-electron chi connectivity index (χ3n) is 4.53. The molecule has 28 heavy (non-hydrogen) atoms. The second-order valence-electron chi connectivity index (χ2n) is 6.71. The summed E-state index contributed by atoms with van der Waals surface area (Å²) >= 11 is 0.